The van der Waals surface area contributed by atoms with Gasteiger partial charge in [0.05, 0.1) is 5.52 Å². The van der Waals surface area contributed by atoms with Crippen molar-refractivity contribution >= 4 is 43.6 Å². The van der Waals surface area contributed by atoms with Gasteiger partial charge >= 0.3 is 0 Å². The minimum absolute atomic E-state index is 0.0133. The van der Waals surface area contributed by atoms with E-state index >= 15 is 0 Å². The van der Waals surface area contributed by atoms with Gasteiger partial charge in [-0.2, -0.15) is 0 Å². The lowest BCUT2D eigenvalue weighted by Gasteiger charge is -2.22. The Balaban J connectivity index is 1.79. The lowest BCUT2D eigenvalue weighted by molar-refractivity contribution is 0.596. The zero-order valence-electron chi connectivity index (χ0n) is 17.9. The summed E-state index contributed by atoms with van der Waals surface area (Å²) in [7, 11) is 0. The van der Waals surface area contributed by atoms with E-state index < -0.39 is 0 Å². The Kier molecular flexibility index (Phi) is 3.76. The zero-order chi connectivity index (χ0) is 21.2. The van der Waals surface area contributed by atoms with E-state index in [0.29, 0.717) is 0 Å². The third-order valence-corrected chi connectivity index (χ3v) is 6.16. The van der Waals surface area contributed by atoms with E-state index in [0.717, 1.165) is 44.1 Å². The second-order valence-corrected chi connectivity index (χ2v) is 9.27. The molecule has 0 bridgehead atoms. The molecule has 0 unspecified atom stereocenters. The van der Waals surface area contributed by atoms with Crippen molar-refractivity contribution in [2.24, 2.45) is 0 Å². The predicted octanol–water partition coefficient (Wildman–Crippen LogP) is 8.25. The van der Waals surface area contributed by atoms with Crippen molar-refractivity contribution < 1.29 is 4.42 Å². The van der Waals surface area contributed by atoms with E-state index in [9.17, 15) is 0 Å². The molecular weight excluding hydrogens is 378 g/mol. The van der Waals surface area contributed by atoms with Crippen LogP contribution >= 0.6 is 0 Å². The predicted molar refractivity (Wildman–Crippen MR) is 131 cm³/mol. The van der Waals surface area contributed by atoms with Crippen LogP contribution in [0.5, 0.6) is 0 Å². The highest BCUT2D eigenvalue weighted by Gasteiger charge is 2.22. The Morgan fingerprint density at radius 1 is 0.710 bits per heavy atom. The van der Waals surface area contributed by atoms with E-state index in [1.54, 1.807) is 0 Å². The number of benzene rings is 4. The molecule has 2 aromatic heterocycles. The van der Waals surface area contributed by atoms with Crippen molar-refractivity contribution in [3.05, 3.63) is 90.5 Å². The third kappa shape index (κ3) is 2.75. The Hall–Kier alpha value is -3.65. The van der Waals surface area contributed by atoms with Crippen LogP contribution in [0.2, 0.25) is 0 Å². The van der Waals surface area contributed by atoms with Gasteiger partial charge in [0.15, 0.2) is 5.58 Å². The summed E-state index contributed by atoms with van der Waals surface area (Å²) >= 11 is 0. The summed E-state index contributed by atoms with van der Waals surface area (Å²) in [5.74, 6) is 0. The maximum absolute atomic E-state index is 6.42. The van der Waals surface area contributed by atoms with E-state index in [-0.39, 0.29) is 5.41 Å². The normalized spacial score (nSPS) is 12.4. The first kappa shape index (κ1) is 18.1. The number of nitrogens with zero attached hydrogens (tertiary/aromatic N) is 1. The Morgan fingerprint density at radius 3 is 2.19 bits per heavy atom. The zero-order valence-corrected chi connectivity index (χ0v) is 17.9. The van der Waals surface area contributed by atoms with Crippen LogP contribution in [0.1, 0.15) is 26.3 Å². The molecule has 0 aliphatic rings. The van der Waals surface area contributed by atoms with Crippen molar-refractivity contribution in [2.75, 3.05) is 0 Å². The van der Waals surface area contributed by atoms with Gasteiger partial charge in [-0.25, -0.2) is 4.98 Å². The molecular formula is C29H23NO. The summed E-state index contributed by atoms with van der Waals surface area (Å²) in [5, 5.41) is 5.92. The minimum atomic E-state index is 0.0133. The van der Waals surface area contributed by atoms with E-state index in [2.05, 4.69) is 87.5 Å². The summed E-state index contributed by atoms with van der Waals surface area (Å²) in [6.07, 6.45) is 0. The Bertz CT molecular complexity index is 1620. The molecule has 2 nitrogen and oxygen atoms in total. The summed E-state index contributed by atoms with van der Waals surface area (Å²) < 4.78 is 6.42. The molecule has 0 spiro atoms. The van der Waals surface area contributed by atoms with Crippen LogP contribution in [0.15, 0.2) is 89.3 Å². The van der Waals surface area contributed by atoms with Gasteiger partial charge in [-0.1, -0.05) is 81.4 Å². The molecule has 0 N–H and O–H groups in total. The molecule has 0 radical (unpaired) electrons. The van der Waals surface area contributed by atoms with Crippen LogP contribution in [0.4, 0.5) is 0 Å². The highest BCUT2D eigenvalue weighted by atomic mass is 16.3. The number of fused-ring (bicyclic) bond motifs is 6. The van der Waals surface area contributed by atoms with Crippen molar-refractivity contribution in [1.82, 2.24) is 4.98 Å². The number of aromatic nitrogens is 1. The Morgan fingerprint density at radius 2 is 1.39 bits per heavy atom. The van der Waals surface area contributed by atoms with Gasteiger partial charge in [0.2, 0.25) is 0 Å². The highest BCUT2D eigenvalue weighted by molar-refractivity contribution is 6.20. The largest absolute Gasteiger partial charge is 0.454 e. The first-order valence-corrected chi connectivity index (χ1v) is 10.7. The van der Waals surface area contributed by atoms with Gasteiger partial charge in [-0.3, -0.25) is 0 Å². The molecule has 6 rings (SSSR count). The number of pyridine rings is 1. The summed E-state index contributed by atoms with van der Waals surface area (Å²) in [5.41, 5.74) is 6.07. The van der Waals surface area contributed by atoms with Crippen LogP contribution in [0, 0.1) is 0 Å². The molecule has 0 fully saturated rings. The lowest BCUT2D eigenvalue weighted by atomic mass is 9.82. The maximum Gasteiger partial charge on any atom is 0.162 e. The van der Waals surface area contributed by atoms with Crippen molar-refractivity contribution in [3.8, 4) is 11.3 Å². The van der Waals surface area contributed by atoms with Crippen LogP contribution in [0.3, 0.4) is 0 Å². The SMILES string of the molecule is CC(C)(C)c1cc(-c2nc3ccccc3c3c2oc2ccccc23)cc2ccccc12. The quantitative estimate of drug-likeness (QED) is 0.277. The topological polar surface area (TPSA) is 26.0 Å². The molecule has 2 heteroatoms. The standard InChI is InChI=1S/C29H23NO/c1-29(2,3)23-17-19(16-18-10-4-5-11-20(18)23)27-28-26(21-12-6-8-14-24(21)30-27)22-13-7-9-15-25(22)31-28/h4-17H,1-3H3. The van der Waals surface area contributed by atoms with Crippen molar-refractivity contribution in [1.29, 1.82) is 0 Å². The minimum Gasteiger partial charge on any atom is -0.454 e. The fourth-order valence-electron chi connectivity index (χ4n) is 4.70. The van der Waals surface area contributed by atoms with Gasteiger partial charge in [0.1, 0.15) is 11.3 Å². The van der Waals surface area contributed by atoms with E-state index in [4.69, 9.17) is 9.40 Å². The molecule has 0 amide bonds. The molecule has 0 atom stereocenters. The fourth-order valence-corrected chi connectivity index (χ4v) is 4.70. The number of para-hydroxylation sites is 2. The van der Waals surface area contributed by atoms with Crippen LogP contribution in [0.25, 0.3) is 54.9 Å². The molecule has 0 saturated carbocycles. The first-order valence-electron chi connectivity index (χ1n) is 10.7. The number of hydrogen-bond acceptors (Lipinski definition) is 2. The maximum atomic E-state index is 6.42. The van der Waals surface area contributed by atoms with Crippen molar-refractivity contribution in [2.45, 2.75) is 26.2 Å². The second kappa shape index (κ2) is 6.42. The highest BCUT2D eigenvalue weighted by Crippen LogP contribution is 2.41. The summed E-state index contributed by atoms with van der Waals surface area (Å²) in [4.78, 5) is 5.11. The smallest absolute Gasteiger partial charge is 0.162 e. The average Bonchev–Trinajstić information content (AvgIpc) is 3.17. The van der Waals surface area contributed by atoms with Gasteiger partial charge < -0.3 is 4.42 Å². The molecule has 0 aliphatic heterocycles. The first-order chi connectivity index (χ1) is 15.0. The molecule has 4 aromatic carbocycles. The number of rotatable bonds is 1. The molecule has 150 valence electrons. The van der Waals surface area contributed by atoms with Crippen molar-refractivity contribution in [3.63, 3.8) is 0 Å². The second-order valence-electron chi connectivity index (χ2n) is 9.27. The summed E-state index contributed by atoms with van der Waals surface area (Å²) in [6, 6.07) is 29.8. The van der Waals surface area contributed by atoms with Crippen LogP contribution in [-0.2, 0) is 5.41 Å². The monoisotopic (exact) mass is 401 g/mol. The average molecular weight is 402 g/mol. The van der Waals surface area contributed by atoms with Gasteiger partial charge in [0, 0.05) is 21.7 Å². The molecule has 31 heavy (non-hydrogen) atoms. The number of hydrogen-bond donors (Lipinski definition) is 0. The number of furan rings is 1. The molecule has 6 aromatic rings. The van der Waals surface area contributed by atoms with Crippen LogP contribution in [-0.4, -0.2) is 4.98 Å². The van der Waals surface area contributed by atoms with Crippen LogP contribution < -0.4 is 0 Å². The third-order valence-electron chi connectivity index (χ3n) is 6.16. The molecule has 0 aliphatic carbocycles. The van der Waals surface area contributed by atoms with E-state index in [1.165, 1.54) is 16.3 Å². The van der Waals surface area contributed by atoms with Gasteiger partial charge in [-0.05, 0) is 46.0 Å². The Labute approximate surface area is 181 Å². The van der Waals surface area contributed by atoms with Gasteiger partial charge in [-0.15, -0.1) is 0 Å². The van der Waals surface area contributed by atoms with Gasteiger partial charge in [0.25, 0.3) is 0 Å². The fraction of sp³-hybridized carbons (Fsp3) is 0.138. The lowest BCUT2D eigenvalue weighted by Crippen LogP contribution is -2.12. The van der Waals surface area contributed by atoms with E-state index in [1.807, 2.05) is 18.2 Å². The molecule has 0 saturated heterocycles. The summed E-state index contributed by atoms with van der Waals surface area (Å²) in [6.45, 7) is 6.80. The molecule has 2 heterocycles.